The van der Waals surface area contributed by atoms with Crippen molar-refractivity contribution < 1.29 is 19.7 Å². The SMILES string of the molecule is CC#CCC(C(=O)OC(C)C)N1C(O)c2ccccc2C1O. The van der Waals surface area contributed by atoms with Crippen molar-refractivity contribution in [2.75, 3.05) is 0 Å². The monoisotopic (exact) mass is 303 g/mol. The number of aliphatic hydroxyl groups is 2. The number of carbonyl (C=O) groups excluding carboxylic acids is 1. The van der Waals surface area contributed by atoms with E-state index in [0.717, 1.165) is 0 Å². The van der Waals surface area contributed by atoms with Gasteiger partial charge in [0, 0.05) is 17.5 Å². The first-order chi connectivity index (χ1) is 10.5. The van der Waals surface area contributed by atoms with Gasteiger partial charge in [0.25, 0.3) is 0 Å². The Hall–Kier alpha value is -1.87. The van der Waals surface area contributed by atoms with Gasteiger partial charge in [-0.25, -0.2) is 4.90 Å². The van der Waals surface area contributed by atoms with Crippen molar-refractivity contribution in [1.29, 1.82) is 0 Å². The van der Waals surface area contributed by atoms with Crippen LogP contribution < -0.4 is 0 Å². The molecule has 0 saturated carbocycles. The fraction of sp³-hybridized carbons (Fsp3) is 0.471. The largest absolute Gasteiger partial charge is 0.462 e. The molecule has 5 nitrogen and oxygen atoms in total. The van der Waals surface area contributed by atoms with Gasteiger partial charge in [-0.15, -0.1) is 11.8 Å². The minimum Gasteiger partial charge on any atom is -0.462 e. The number of benzene rings is 1. The Bertz CT molecular complexity index is 573. The third-order valence-electron chi connectivity index (χ3n) is 3.57. The average molecular weight is 303 g/mol. The molecule has 5 heteroatoms. The van der Waals surface area contributed by atoms with Gasteiger partial charge in [0.15, 0.2) is 0 Å². The molecule has 3 atom stereocenters. The highest BCUT2D eigenvalue weighted by Crippen LogP contribution is 2.41. The highest BCUT2D eigenvalue weighted by atomic mass is 16.5. The lowest BCUT2D eigenvalue weighted by molar-refractivity contribution is -0.170. The van der Waals surface area contributed by atoms with Crippen molar-refractivity contribution >= 4 is 5.97 Å². The van der Waals surface area contributed by atoms with Crippen LogP contribution in [-0.4, -0.2) is 33.2 Å². The molecule has 0 saturated heterocycles. The summed E-state index contributed by atoms with van der Waals surface area (Å²) in [4.78, 5) is 13.7. The maximum Gasteiger partial charge on any atom is 0.324 e. The van der Waals surface area contributed by atoms with E-state index in [0.29, 0.717) is 11.1 Å². The molecule has 0 aromatic heterocycles. The van der Waals surface area contributed by atoms with Gasteiger partial charge in [-0.05, 0) is 20.8 Å². The van der Waals surface area contributed by atoms with Crippen molar-refractivity contribution in [3.05, 3.63) is 35.4 Å². The molecule has 0 bridgehead atoms. The number of aliphatic hydroxyl groups excluding tert-OH is 2. The molecule has 1 heterocycles. The molecule has 0 aliphatic carbocycles. The molecule has 1 aliphatic rings. The van der Waals surface area contributed by atoms with Gasteiger partial charge in [-0.3, -0.25) is 4.79 Å². The van der Waals surface area contributed by atoms with E-state index < -0.39 is 24.5 Å². The van der Waals surface area contributed by atoms with Crippen molar-refractivity contribution in [2.24, 2.45) is 0 Å². The van der Waals surface area contributed by atoms with E-state index in [1.54, 1.807) is 45.0 Å². The first-order valence-electron chi connectivity index (χ1n) is 7.29. The van der Waals surface area contributed by atoms with E-state index in [-0.39, 0.29) is 12.5 Å². The Kier molecular flexibility index (Phi) is 5.19. The van der Waals surface area contributed by atoms with Crippen LogP contribution in [0.3, 0.4) is 0 Å². The van der Waals surface area contributed by atoms with Gasteiger partial charge in [-0.1, -0.05) is 24.3 Å². The molecule has 1 aromatic rings. The Morgan fingerprint density at radius 3 is 2.27 bits per heavy atom. The molecule has 0 radical (unpaired) electrons. The topological polar surface area (TPSA) is 70.0 Å². The summed E-state index contributed by atoms with van der Waals surface area (Å²) >= 11 is 0. The Labute approximate surface area is 130 Å². The summed E-state index contributed by atoms with van der Waals surface area (Å²) in [6, 6.07) is 6.21. The number of hydrogen-bond acceptors (Lipinski definition) is 5. The third kappa shape index (κ3) is 3.14. The van der Waals surface area contributed by atoms with Crippen LogP contribution in [0.5, 0.6) is 0 Å². The summed E-state index contributed by atoms with van der Waals surface area (Å²) in [6.07, 6.45) is -2.21. The zero-order valence-electron chi connectivity index (χ0n) is 13.0. The summed E-state index contributed by atoms with van der Waals surface area (Å²) in [5.41, 5.74) is 1.20. The predicted molar refractivity (Wildman–Crippen MR) is 81.3 cm³/mol. The zero-order valence-corrected chi connectivity index (χ0v) is 13.0. The fourth-order valence-electron chi connectivity index (χ4n) is 2.60. The Morgan fingerprint density at radius 1 is 1.27 bits per heavy atom. The van der Waals surface area contributed by atoms with Crippen LogP contribution in [0.4, 0.5) is 0 Å². The summed E-state index contributed by atoms with van der Waals surface area (Å²) in [6.45, 7) is 5.19. The van der Waals surface area contributed by atoms with E-state index in [1.807, 2.05) is 0 Å². The minimum absolute atomic E-state index is 0.185. The Morgan fingerprint density at radius 2 is 1.82 bits per heavy atom. The molecule has 1 aliphatic heterocycles. The maximum atomic E-state index is 12.3. The Balaban J connectivity index is 2.31. The van der Waals surface area contributed by atoms with E-state index >= 15 is 0 Å². The van der Waals surface area contributed by atoms with Crippen molar-refractivity contribution in [1.82, 2.24) is 4.90 Å². The lowest BCUT2D eigenvalue weighted by Gasteiger charge is -2.31. The van der Waals surface area contributed by atoms with Gasteiger partial charge in [0.1, 0.15) is 18.5 Å². The van der Waals surface area contributed by atoms with Gasteiger partial charge in [0.05, 0.1) is 6.10 Å². The first kappa shape index (κ1) is 16.5. The van der Waals surface area contributed by atoms with Crippen LogP contribution >= 0.6 is 0 Å². The molecular formula is C17H21NO4. The van der Waals surface area contributed by atoms with Crippen molar-refractivity contribution in [2.45, 2.75) is 51.8 Å². The second-order valence-electron chi connectivity index (χ2n) is 5.46. The highest BCUT2D eigenvalue weighted by Gasteiger charge is 2.43. The molecule has 2 N–H and O–H groups in total. The number of esters is 1. The third-order valence-corrected chi connectivity index (χ3v) is 3.57. The van der Waals surface area contributed by atoms with E-state index in [9.17, 15) is 15.0 Å². The number of fused-ring (bicyclic) bond motifs is 1. The number of rotatable bonds is 4. The average Bonchev–Trinajstić information content (AvgIpc) is 2.72. The summed E-state index contributed by atoms with van der Waals surface area (Å²) in [5, 5.41) is 20.9. The molecule has 3 unspecified atom stereocenters. The summed E-state index contributed by atoms with van der Waals surface area (Å²) in [5.74, 6) is 5.07. The van der Waals surface area contributed by atoms with Crippen LogP contribution in [0.25, 0.3) is 0 Å². The molecular weight excluding hydrogens is 282 g/mol. The van der Waals surface area contributed by atoms with E-state index in [4.69, 9.17) is 4.74 Å². The summed E-state index contributed by atoms with van der Waals surface area (Å²) in [7, 11) is 0. The minimum atomic E-state index is -1.06. The number of carbonyl (C=O) groups is 1. The maximum absolute atomic E-state index is 12.3. The van der Waals surface area contributed by atoms with Crippen LogP contribution in [0, 0.1) is 11.8 Å². The molecule has 0 fully saturated rings. The van der Waals surface area contributed by atoms with E-state index in [1.165, 1.54) is 4.90 Å². The van der Waals surface area contributed by atoms with Crippen LogP contribution in [0.1, 0.15) is 50.8 Å². The quantitative estimate of drug-likeness (QED) is 0.655. The van der Waals surface area contributed by atoms with Gasteiger partial charge in [-0.2, -0.15) is 0 Å². The van der Waals surface area contributed by atoms with Crippen molar-refractivity contribution in [3.8, 4) is 11.8 Å². The molecule has 0 amide bonds. The number of ether oxygens (including phenoxy) is 1. The fourth-order valence-corrected chi connectivity index (χ4v) is 2.60. The molecule has 0 spiro atoms. The van der Waals surface area contributed by atoms with Gasteiger partial charge < -0.3 is 14.9 Å². The number of hydrogen-bond donors (Lipinski definition) is 2. The molecule has 1 aromatic carbocycles. The lowest BCUT2D eigenvalue weighted by atomic mass is 10.1. The van der Waals surface area contributed by atoms with Crippen LogP contribution in [-0.2, 0) is 9.53 Å². The van der Waals surface area contributed by atoms with Crippen LogP contribution in [0.15, 0.2) is 24.3 Å². The van der Waals surface area contributed by atoms with Crippen LogP contribution in [0.2, 0.25) is 0 Å². The standard InChI is InChI=1S/C17H21NO4/c1-4-5-10-14(17(21)22-11(2)3)18-15(19)12-8-6-7-9-13(12)16(18)20/h6-9,11,14-16,19-20H,10H2,1-3H3. The number of nitrogens with zero attached hydrogens (tertiary/aromatic N) is 1. The second kappa shape index (κ2) is 6.93. The molecule has 2 rings (SSSR count). The van der Waals surface area contributed by atoms with Gasteiger partial charge in [0.2, 0.25) is 0 Å². The van der Waals surface area contributed by atoms with Crippen molar-refractivity contribution in [3.63, 3.8) is 0 Å². The predicted octanol–water partition coefficient (Wildman–Crippen LogP) is 1.72. The normalized spacial score (nSPS) is 21.9. The first-order valence-corrected chi connectivity index (χ1v) is 7.29. The lowest BCUT2D eigenvalue weighted by Crippen LogP contribution is -2.43. The molecule has 22 heavy (non-hydrogen) atoms. The zero-order chi connectivity index (χ0) is 16.3. The van der Waals surface area contributed by atoms with Gasteiger partial charge >= 0.3 is 5.97 Å². The van der Waals surface area contributed by atoms with E-state index in [2.05, 4.69) is 11.8 Å². The summed E-state index contributed by atoms with van der Waals surface area (Å²) < 4.78 is 5.25. The molecule has 118 valence electrons. The highest BCUT2D eigenvalue weighted by molar-refractivity contribution is 5.76. The smallest absolute Gasteiger partial charge is 0.324 e. The second-order valence-corrected chi connectivity index (χ2v) is 5.46.